The molecule has 1 aromatic carbocycles. The Labute approximate surface area is 131 Å². The Morgan fingerprint density at radius 1 is 1.09 bits per heavy atom. The fraction of sp³-hybridized carbons (Fsp3) is 0.267. The van der Waals surface area contributed by atoms with E-state index in [4.69, 9.17) is 4.74 Å². The maximum absolute atomic E-state index is 13.0. The van der Waals surface area contributed by atoms with Crippen LogP contribution >= 0.6 is 0 Å². The maximum Gasteiger partial charge on any atom is 0.335 e. The van der Waals surface area contributed by atoms with Crippen LogP contribution in [-0.4, -0.2) is 49.0 Å². The standard InChI is InChI=1S/C15H14FN3O4/c16-10-1-3-11(4-2-10)19-14(21)12(13(20)17-15(19)22)9-18-5-7-23-8-6-18/h1-4,9H,5-8H2,(H,17,20,22). The Balaban J connectivity index is 1.90. The fourth-order valence-corrected chi connectivity index (χ4v) is 2.36. The minimum Gasteiger partial charge on any atom is -0.378 e. The van der Waals surface area contributed by atoms with Gasteiger partial charge in [-0.05, 0) is 24.3 Å². The van der Waals surface area contributed by atoms with Crippen molar-refractivity contribution < 1.29 is 23.5 Å². The van der Waals surface area contributed by atoms with Gasteiger partial charge in [0.15, 0.2) is 0 Å². The van der Waals surface area contributed by atoms with Crippen molar-refractivity contribution in [2.75, 3.05) is 31.2 Å². The third-order valence-electron chi connectivity index (χ3n) is 3.54. The molecule has 2 aliphatic rings. The summed E-state index contributed by atoms with van der Waals surface area (Å²) in [5.74, 6) is -1.97. The molecule has 8 heteroatoms. The number of nitrogens with zero attached hydrogens (tertiary/aromatic N) is 2. The molecule has 0 atom stereocenters. The van der Waals surface area contributed by atoms with E-state index in [-0.39, 0.29) is 11.3 Å². The highest BCUT2D eigenvalue weighted by molar-refractivity contribution is 6.37. The monoisotopic (exact) mass is 319 g/mol. The average Bonchev–Trinajstić information content (AvgIpc) is 2.54. The molecule has 0 bridgehead atoms. The summed E-state index contributed by atoms with van der Waals surface area (Å²) in [5.41, 5.74) is 0.0464. The van der Waals surface area contributed by atoms with Gasteiger partial charge in [0.2, 0.25) is 0 Å². The first-order chi connectivity index (χ1) is 11.1. The summed E-state index contributed by atoms with van der Waals surface area (Å²) in [6.45, 7) is 2.10. The highest BCUT2D eigenvalue weighted by Gasteiger charge is 2.37. The Morgan fingerprint density at radius 2 is 1.74 bits per heavy atom. The Morgan fingerprint density at radius 3 is 2.39 bits per heavy atom. The highest BCUT2D eigenvalue weighted by Crippen LogP contribution is 2.21. The second-order valence-electron chi connectivity index (χ2n) is 5.07. The average molecular weight is 319 g/mol. The maximum atomic E-state index is 13.0. The topological polar surface area (TPSA) is 79.0 Å². The van der Waals surface area contributed by atoms with Gasteiger partial charge in [0.25, 0.3) is 11.8 Å². The van der Waals surface area contributed by atoms with Crippen molar-refractivity contribution in [1.82, 2.24) is 10.2 Å². The van der Waals surface area contributed by atoms with Crippen LogP contribution in [0.25, 0.3) is 0 Å². The first-order valence-corrected chi connectivity index (χ1v) is 7.05. The number of ether oxygens (including phenoxy) is 1. The van der Waals surface area contributed by atoms with Crippen molar-refractivity contribution in [2.45, 2.75) is 0 Å². The molecule has 120 valence electrons. The zero-order valence-electron chi connectivity index (χ0n) is 12.1. The lowest BCUT2D eigenvalue weighted by molar-refractivity contribution is -0.122. The lowest BCUT2D eigenvalue weighted by atomic mass is 10.1. The predicted octanol–water partition coefficient (Wildman–Crippen LogP) is 0.625. The largest absolute Gasteiger partial charge is 0.378 e. The number of barbiturate groups is 1. The Kier molecular flexibility index (Phi) is 4.07. The molecule has 0 aromatic heterocycles. The number of halogens is 1. The second kappa shape index (κ2) is 6.17. The summed E-state index contributed by atoms with van der Waals surface area (Å²) in [5, 5.41) is 2.12. The van der Waals surface area contributed by atoms with E-state index in [9.17, 15) is 18.8 Å². The van der Waals surface area contributed by atoms with Crippen LogP contribution < -0.4 is 10.2 Å². The first kappa shape index (κ1) is 15.2. The molecule has 0 spiro atoms. The van der Waals surface area contributed by atoms with E-state index >= 15 is 0 Å². The normalized spacial score (nSPS) is 20.9. The Hall–Kier alpha value is -2.74. The summed E-state index contributed by atoms with van der Waals surface area (Å²) in [6.07, 6.45) is 1.43. The van der Waals surface area contributed by atoms with Gasteiger partial charge in [-0.25, -0.2) is 14.1 Å². The van der Waals surface area contributed by atoms with Crippen LogP contribution in [0, 0.1) is 5.82 Å². The van der Waals surface area contributed by atoms with Gasteiger partial charge >= 0.3 is 6.03 Å². The molecule has 3 rings (SSSR count). The van der Waals surface area contributed by atoms with E-state index in [1.54, 1.807) is 4.90 Å². The summed E-state index contributed by atoms with van der Waals surface area (Å²) in [7, 11) is 0. The molecule has 1 aromatic rings. The van der Waals surface area contributed by atoms with E-state index in [0.717, 1.165) is 17.0 Å². The predicted molar refractivity (Wildman–Crippen MR) is 77.9 cm³/mol. The quantitative estimate of drug-likeness (QED) is 0.639. The number of carbonyl (C=O) groups excluding carboxylic acids is 3. The minimum atomic E-state index is -0.856. The number of imide groups is 2. The van der Waals surface area contributed by atoms with Crippen LogP contribution in [0.2, 0.25) is 0 Å². The van der Waals surface area contributed by atoms with Crippen molar-refractivity contribution in [1.29, 1.82) is 0 Å². The molecule has 0 saturated carbocycles. The molecule has 0 unspecified atom stereocenters. The number of amides is 4. The summed E-state index contributed by atoms with van der Waals surface area (Å²) in [4.78, 5) is 39.0. The lowest BCUT2D eigenvalue weighted by Gasteiger charge is -2.29. The molecular formula is C15H14FN3O4. The van der Waals surface area contributed by atoms with Crippen LogP contribution in [0.4, 0.5) is 14.9 Å². The van der Waals surface area contributed by atoms with Crippen LogP contribution in [0.15, 0.2) is 36.0 Å². The Bertz CT molecular complexity index is 680. The van der Waals surface area contributed by atoms with Gasteiger partial charge in [-0.1, -0.05) is 0 Å². The SMILES string of the molecule is O=C1NC(=O)N(c2ccc(F)cc2)C(=O)C1=CN1CCOCC1. The molecular weight excluding hydrogens is 305 g/mol. The van der Waals surface area contributed by atoms with Crippen LogP contribution in [0.3, 0.4) is 0 Å². The van der Waals surface area contributed by atoms with Crippen molar-refractivity contribution in [3.63, 3.8) is 0 Å². The molecule has 4 amide bonds. The van der Waals surface area contributed by atoms with E-state index in [1.807, 2.05) is 0 Å². The number of benzene rings is 1. The minimum absolute atomic E-state index is 0.143. The van der Waals surface area contributed by atoms with Gasteiger partial charge in [0.05, 0.1) is 18.9 Å². The number of urea groups is 1. The van der Waals surface area contributed by atoms with Gasteiger partial charge in [-0.3, -0.25) is 14.9 Å². The van der Waals surface area contributed by atoms with Crippen molar-refractivity contribution in [3.05, 3.63) is 41.9 Å². The fourth-order valence-electron chi connectivity index (χ4n) is 2.36. The number of hydrogen-bond acceptors (Lipinski definition) is 5. The number of anilines is 1. The van der Waals surface area contributed by atoms with Crippen molar-refractivity contribution in [3.8, 4) is 0 Å². The highest BCUT2D eigenvalue weighted by atomic mass is 19.1. The number of carbonyl (C=O) groups is 3. The zero-order chi connectivity index (χ0) is 16.4. The summed E-state index contributed by atoms with van der Waals surface area (Å²) >= 11 is 0. The molecule has 23 heavy (non-hydrogen) atoms. The van der Waals surface area contributed by atoms with E-state index in [2.05, 4.69) is 5.32 Å². The molecule has 2 fully saturated rings. The third kappa shape index (κ3) is 3.07. The van der Waals surface area contributed by atoms with E-state index in [1.165, 1.54) is 18.3 Å². The second-order valence-corrected chi connectivity index (χ2v) is 5.07. The third-order valence-corrected chi connectivity index (χ3v) is 3.54. The number of rotatable bonds is 2. The molecule has 1 N–H and O–H groups in total. The van der Waals surface area contributed by atoms with Crippen molar-refractivity contribution >= 4 is 23.5 Å². The zero-order valence-corrected chi connectivity index (χ0v) is 12.1. The molecule has 2 heterocycles. The van der Waals surface area contributed by atoms with Crippen LogP contribution in [0.5, 0.6) is 0 Å². The van der Waals surface area contributed by atoms with E-state index < -0.39 is 23.7 Å². The smallest absolute Gasteiger partial charge is 0.335 e. The molecule has 0 aliphatic carbocycles. The summed E-state index contributed by atoms with van der Waals surface area (Å²) < 4.78 is 18.2. The van der Waals surface area contributed by atoms with Gasteiger partial charge in [0, 0.05) is 19.3 Å². The molecule has 0 radical (unpaired) electrons. The first-order valence-electron chi connectivity index (χ1n) is 7.05. The number of morpholine rings is 1. The summed E-state index contributed by atoms with van der Waals surface area (Å²) in [6, 6.07) is 4.02. The van der Waals surface area contributed by atoms with Gasteiger partial charge in [-0.2, -0.15) is 0 Å². The van der Waals surface area contributed by atoms with Crippen molar-refractivity contribution in [2.24, 2.45) is 0 Å². The van der Waals surface area contributed by atoms with Gasteiger partial charge < -0.3 is 9.64 Å². The molecule has 2 saturated heterocycles. The van der Waals surface area contributed by atoms with E-state index in [0.29, 0.717) is 26.3 Å². The van der Waals surface area contributed by atoms with Crippen LogP contribution in [0.1, 0.15) is 0 Å². The molecule has 7 nitrogen and oxygen atoms in total. The number of nitrogens with one attached hydrogen (secondary N) is 1. The van der Waals surface area contributed by atoms with Gasteiger partial charge in [0.1, 0.15) is 11.4 Å². The van der Waals surface area contributed by atoms with Gasteiger partial charge in [-0.15, -0.1) is 0 Å². The molecule has 2 aliphatic heterocycles. The van der Waals surface area contributed by atoms with Crippen LogP contribution in [-0.2, 0) is 14.3 Å². The number of hydrogen-bond donors (Lipinski definition) is 1. The lowest BCUT2D eigenvalue weighted by Crippen LogP contribution is -2.55.